The summed E-state index contributed by atoms with van der Waals surface area (Å²) in [5, 5.41) is 4.00. The van der Waals surface area contributed by atoms with Gasteiger partial charge in [0.2, 0.25) is 5.78 Å². The lowest BCUT2D eigenvalue weighted by atomic mass is 10.1. The lowest BCUT2D eigenvalue weighted by Gasteiger charge is -2.06. The summed E-state index contributed by atoms with van der Waals surface area (Å²) in [6.07, 6.45) is 1.57. The predicted octanol–water partition coefficient (Wildman–Crippen LogP) is 2.30. The Balaban J connectivity index is 2.45. The number of nitrogens with zero attached hydrogens (tertiary/aromatic N) is 3. The van der Waals surface area contributed by atoms with Gasteiger partial charge in [-0.15, -0.1) is 5.10 Å². The van der Waals surface area contributed by atoms with Crippen molar-refractivity contribution in [2.45, 2.75) is 19.8 Å². The van der Waals surface area contributed by atoms with Crippen LogP contribution < -0.4 is 4.74 Å². The summed E-state index contributed by atoms with van der Waals surface area (Å²) < 4.78 is 8.99. The standard InChI is InChI=1S/C12H13N3O2S/c1-7(2)9-12(18-15-14-9)11(16)10-8(17-3)5-4-6-13-10/h4-7H,1-3H3. The number of ketones is 1. The van der Waals surface area contributed by atoms with Crippen LogP contribution in [0, 0.1) is 0 Å². The molecule has 0 saturated carbocycles. The first-order valence-corrected chi connectivity index (χ1v) is 6.28. The number of carbonyl (C=O) groups excluding carboxylic acids is 1. The minimum absolute atomic E-state index is 0.150. The molecule has 5 nitrogen and oxygen atoms in total. The second kappa shape index (κ2) is 5.22. The van der Waals surface area contributed by atoms with Crippen molar-refractivity contribution in [3.05, 3.63) is 34.6 Å². The first kappa shape index (κ1) is 12.6. The molecule has 94 valence electrons. The van der Waals surface area contributed by atoms with Crippen LogP contribution in [0.25, 0.3) is 0 Å². The van der Waals surface area contributed by atoms with E-state index in [1.165, 1.54) is 7.11 Å². The van der Waals surface area contributed by atoms with Crippen LogP contribution in [-0.2, 0) is 0 Å². The number of hydrogen-bond donors (Lipinski definition) is 0. The number of methoxy groups -OCH3 is 1. The molecule has 0 aliphatic heterocycles. The van der Waals surface area contributed by atoms with Crippen LogP contribution in [0.1, 0.15) is 40.8 Å². The van der Waals surface area contributed by atoms with E-state index in [0.29, 0.717) is 22.0 Å². The topological polar surface area (TPSA) is 65.0 Å². The molecule has 0 amide bonds. The van der Waals surface area contributed by atoms with Crippen LogP contribution in [0.5, 0.6) is 5.75 Å². The SMILES string of the molecule is COc1cccnc1C(=O)c1snnc1C(C)C. The van der Waals surface area contributed by atoms with Gasteiger partial charge in [0.05, 0.1) is 12.8 Å². The summed E-state index contributed by atoms with van der Waals surface area (Å²) >= 11 is 1.09. The van der Waals surface area contributed by atoms with E-state index in [0.717, 1.165) is 11.5 Å². The quantitative estimate of drug-likeness (QED) is 0.792. The second-order valence-electron chi connectivity index (χ2n) is 4.03. The Morgan fingerprint density at radius 2 is 2.22 bits per heavy atom. The van der Waals surface area contributed by atoms with Crippen LogP contribution in [0.2, 0.25) is 0 Å². The zero-order valence-corrected chi connectivity index (χ0v) is 11.2. The highest BCUT2D eigenvalue weighted by Crippen LogP contribution is 2.25. The Hall–Kier alpha value is -1.82. The lowest BCUT2D eigenvalue weighted by Crippen LogP contribution is -2.08. The summed E-state index contributed by atoms with van der Waals surface area (Å²) in [7, 11) is 1.52. The van der Waals surface area contributed by atoms with Crippen molar-refractivity contribution in [2.24, 2.45) is 0 Å². The van der Waals surface area contributed by atoms with Gasteiger partial charge in [0.15, 0.2) is 5.69 Å². The third-order valence-electron chi connectivity index (χ3n) is 2.47. The van der Waals surface area contributed by atoms with E-state index in [1.807, 2.05) is 13.8 Å². The van der Waals surface area contributed by atoms with E-state index in [2.05, 4.69) is 14.6 Å². The minimum Gasteiger partial charge on any atom is -0.494 e. The summed E-state index contributed by atoms with van der Waals surface area (Å²) in [5.74, 6) is 0.425. The van der Waals surface area contributed by atoms with E-state index in [4.69, 9.17) is 4.74 Å². The molecule has 2 aromatic heterocycles. The average Bonchev–Trinajstić information content (AvgIpc) is 2.87. The summed E-state index contributed by atoms with van der Waals surface area (Å²) in [6.45, 7) is 3.95. The summed E-state index contributed by atoms with van der Waals surface area (Å²) in [4.78, 5) is 17.0. The highest BCUT2D eigenvalue weighted by atomic mass is 32.1. The van der Waals surface area contributed by atoms with E-state index in [-0.39, 0.29) is 11.7 Å². The van der Waals surface area contributed by atoms with Gasteiger partial charge < -0.3 is 4.74 Å². The smallest absolute Gasteiger partial charge is 0.228 e. The normalized spacial score (nSPS) is 10.7. The molecule has 0 aromatic carbocycles. The summed E-state index contributed by atoms with van der Waals surface area (Å²) in [6, 6.07) is 3.44. The maximum Gasteiger partial charge on any atom is 0.228 e. The molecule has 0 atom stereocenters. The zero-order valence-electron chi connectivity index (χ0n) is 10.4. The fourth-order valence-corrected chi connectivity index (χ4v) is 2.33. The van der Waals surface area contributed by atoms with Gasteiger partial charge in [-0.05, 0) is 29.6 Å². The molecule has 0 radical (unpaired) electrons. The van der Waals surface area contributed by atoms with Crippen molar-refractivity contribution in [3.8, 4) is 5.75 Å². The Morgan fingerprint density at radius 3 is 2.89 bits per heavy atom. The number of hydrogen-bond acceptors (Lipinski definition) is 6. The number of carbonyl (C=O) groups is 1. The van der Waals surface area contributed by atoms with Crippen molar-refractivity contribution in [2.75, 3.05) is 7.11 Å². The maximum absolute atomic E-state index is 12.4. The van der Waals surface area contributed by atoms with Gasteiger partial charge in [0.25, 0.3) is 0 Å². The Bertz CT molecular complexity index is 566. The van der Waals surface area contributed by atoms with Crippen molar-refractivity contribution in [1.29, 1.82) is 0 Å². The minimum atomic E-state index is -0.189. The molecule has 0 spiro atoms. The lowest BCUT2D eigenvalue weighted by molar-refractivity contribution is 0.103. The van der Waals surface area contributed by atoms with Crippen LogP contribution in [0.4, 0.5) is 0 Å². The number of ether oxygens (including phenoxy) is 1. The molecule has 0 fully saturated rings. The fourth-order valence-electron chi connectivity index (χ4n) is 1.57. The maximum atomic E-state index is 12.4. The van der Waals surface area contributed by atoms with Gasteiger partial charge in [-0.1, -0.05) is 18.3 Å². The van der Waals surface area contributed by atoms with Crippen LogP contribution in [-0.4, -0.2) is 27.5 Å². The first-order chi connectivity index (χ1) is 8.65. The largest absolute Gasteiger partial charge is 0.494 e. The molecule has 0 bridgehead atoms. The Morgan fingerprint density at radius 1 is 1.44 bits per heavy atom. The van der Waals surface area contributed by atoms with Crippen molar-refractivity contribution in [3.63, 3.8) is 0 Å². The van der Waals surface area contributed by atoms with Crippen molar-refractivity contribution >= 4 is 17.3 Å². The molecule has 2 rings (SSSR count). The highest BCUT2D eigenvalue weighted by molar-refractivity contribution is 7.08. The average molecular weight is 263 g/mol. The fraction of sp³-hybridized carbons (Fsp3) is 0.333. The van der Waals surface area contributed by atoms with Gasteiger partial charge in [-0.25, -0.2) is 4.98 Å². The van der Waals surface area contributed by atoms with Gasteiger partial charge in [-0.2, -0.15) is 0 Å². The van der Waals surface area contributed by atoms with E-state index >= 15 is 0 Å². The molecule has 0 aliphatic rings. The molecule has 0 aliphatic carbocycles. The molecule has 18 heavy (non-hydrogen) atoms. The van der Waals surface area contributed by atoms with E-state index in [9.17, 15) is 4.79 Å². The van der Waals surface area contributed by atoms with Crippen LogP contribution >= 0.6 is 11.5 Å². The van der Waals surface area contributed by atoms with Gasteiger partial charge in [0.1, 0.15) is 10.6 Å². The molecule has 2 aromatic rings. The number of aromatic nitrogens is 3. The Labute approximate surface area is 109 Å². The van der Waals surface area contributed by atoms with E-state index in [1.54, 1.807) is 18.3 Å². The molecular formula is C12H13N3O2S. The summed E-state index contributed by atoms with van der Waals surface area (Å²) in [5.41, 5.74) is 1.01. The van der Waals surface area contributed by atoms with Crippen LogP contribution in [0.3, 0.4) is 0 Å². The number of rotatable bonds is 4. The van der Waals surface area contributed by atoms with E-state index < -0.39 is 0 Å². The molecule has 2 heterocycles. The molecule has 0 saturated heterocycles. The molecule has 0 unspecified atom stereocenters. The zero-order chi connectivity index (χ0) is 13.1. The van der Waals surface area contributed by atoms with Crippen LogP contribution in [0.15, 0.2) is 18.3 Å². The van der Waals surface area contributed by atoms with Gasteiger partial charge in [0, 0.05) is 6.20 Å². The Kier molecular flexibility index (Phi) is 3.66. The molecule has 0 N–H and O–H groups in total. The predicted molar refractivity (Wildman–Crippen MR) is 68.2 cm³/mol. The molecule has 6 heteroatoms. The third-order valence-corrected chi connectivity index (χ3v) is 3.21. The third kappa shape index (κ3) is 2.24. The van der Waals surface area contributed by atoms with Crippen molar-refractivity contribution in [1.82, 2.24) is 14.6 Å². The highest BCUT2D eigenvalue weighted by Gasteiger charge is 2.23. The van der Waals surface area contributed by atoms with Crippen molar-refractivity contribution < 1.29 is 9.53 Å². The number of pyridine rings is 1. The first-order valence-electron chi connectivity index (χ1n) is 5.51. The van der Waals surface area contributed by atoms with Gasteiger partial charge >= 0.3 is 0 Å². The molecular weight excluding hydrogens is 250 g/mol. The van der Waals surface area contributed by atoms with Gasteiger partial charge in [-0.3, -0.25) is 4.79 Å². The monoisotopic (exact) mass is 263 g/mol. The second-order valence-corrected chi connectivity index (χ2v) is 4.78.